The lowest BCUT2D eigenvalue weighted by Crippen LogP contribution is -2.06. The number of fused-ring (bicyclic) bond motifs is 1. The standard InChI is InChI=1S/C22H21N3O2.ClH/c1-13(2)26-20-9-6-14(10-15(20)11-23)22-25-12-21(27-22)18-5-3-4-17-16(18)7-8-19(17)24;/h3-6,9-10,12-13,19H,7-8,24H2,1-2H3;1H. The molecule has 0 saturated carbocycles. The van der Waals surface area contributed by atoms with Crippen LogP contribution in [0.15, 0.2) is 47.0 Å². The minimum absolute atomic E-state index is 0. The zero-order chi connectivity index (χ0) is 19.0. The average molecular weight is 396 g/mol. The predicted molar refractivity (Wildman–Crippen MR) is 110 cm³/mol. The molecule has 3 aromatic rings. The molecule has 0 fully saturated rings. The van der Waals surface area contributed by atoms with E-state index in [1.165, 1.54) is 11.1 Å². The van der Waals surface area contributed by atoms with Crippen LogP contribution in [-0.2, 0) is 6.42 Å². The number of rotatable bonds is 4. The molecule has 1 unspecified atom stereocenters. The zero-order valence-electron chi connectivity index (χ0n) is 15.8. The summed E-state index contributed by atoms with van der Waals surface area (Å²) in [4.78, 5) is 4.43. The maximum atomic E-state index is 9.42. The Morgan fingerprint density at radius 2 is 2.11 bits per heavy atom. The van der Waals surface area contributed by atoms with Gasteiger partial charge in [0.25, 0.3) is 0 Å². The van der Waals surface area contributed by atoms with Gasteiger partial charge in [0, 0.05) is 17.2 Å². The molecule has 6 heteroatoms. The number of nitrogens with zero attached hydrogens (tertiary/aromatic N) is 2. The van der Waals surface area contributed by atoms with Gasteiger partial charge in [0.15, 0.2) is 5.76 Å². The van der Waals surface area contributed by atoms with Crippen molar-refractivity contribution in [1.29, 1.82) is 5.26 Å². The van der Waals surface area contributed by atoms with E-state index in [4.69, 9.17) is 14.9 Å². The van der Waals surface area contributed by atoms with Crippen LogP contribution < -0.4 is 10.5 Å². The highest BCUT2D eigenvalue weighted by atomic mass is 35.5. The van der Waals surface area contributed by atoms with Crippen molar-refractivity contribution in [3.05, 3.63) is 59.3 Å². The Labute approximate surface area is 170 Å². The van der Waals surface area contributed by atoms with E-state index in [2.05, 4.69) is 17.1 Å². The normalized spacial score (nSPS) is 15.0. The Kier molecular flexibility index (Phi) is 5.73. The van der Waals surface area contributed by atoms with E-state index in [9.17, 15) is 5.26 Å². The monoisotopic (exact) mass is 395 g/mol. The summed E-state index contributed by atoms with van der Waals surface area (Å²) in [6.07, 6.45) is 3.64. The molecule has 0 bridgehead atoms. The Balaban J connectivity index is 0.00000225. The van der Waals surface area contributed by atoms with Gasteiger partial charge in [0.2, 0.25) is 5.89 Å². The van der Waals surface area contributed by atoms with Crippen molar-refractivity contribution in [2.45, 2.75) is 38.8 Å². The first-order valence-corrected chi connectivity index (χ1v) is 9.11. The molecule has 1 aliphatic rings. The van der Waals surface area contributed by atoms with Gasteiger partial charge in [-0.15, -0.1) is 12.4 Å². The molecule has 0 saturated heterocycles. The van der Waals surface area contributed by atoms with Crippen LogP contribution in [0.25, 0.3) is 22.8 Å². The number of ether oxygens (including phenoxy) is 1. The summed E-state index contributed by atoms with van der Waals surface area (Å²) >= 11 is 0. The first-order chi connectivity index (χ1) is 13.1. The number of hydrogen-bond donors (Lipinski definition) is 1. The molecule has 28 heavy (non-hydrogen) atoms. The van der Waals surface area contributed by atoms with E-state index in [0.29, 0.717) is 17.2 Å². The van der Waals surface area contributed by atoms with Crippen LogP contribution in [0.3, 0.4) is 0 Å². The molecule has 1 aromatic heterocycles. The lowest BCUT2D eigenvalue weighted by atomic mass is 10.0. The number of oxazole rings is 1. The van der Waals surface area contributed by atoms with Crippen LogP contribution in [0.2, 0.25) is 0 Å². The summed E-state index contributed by atoms with van der Waals surface area (Å²) in [6.45, 7) is 3.86. The van der Waals surface area contributed by atoms with Gasteiger partial charge < -0.3 is 14.9 Å². The SMILES string of the molecule is CC(C)Oc1ccc(-c2ncc(-c3cccc4c3CCC4N)o2)cc1C#N.Cl. The molecule has 0 aliphatic heterocycles. The third-order valence-electron chi connectivity index (χ3n) is 4.80. The Morgan fingerprint density at radius 3 is 2.86 bits per heavy atom. The summed E-state index contributed by atoms with van der Waals surface area (Å²) in [5.41, 5.74) is 10.9. The van der Waals surface area contributed by atoms with Crippen molar-refractivity contribution < 1.29 is 9.15 Å². The minimum atomic E-state index is 0. The summed E-state index contributed by atoms with van der Waals surface area (Å²) in [5, 5.41) is 9.42. The van der Waals surface area contributed by atoms with Crippen LogP contribution in [0.5, 0.6) is 5.75 Å². The fourth-order valence-corrected chi connectivity index (χ4v) is 3.56. The molecular formula is C22H22ClN3O2. The van der Waals surface area contributed by atoms with Crippen LogP contribution in [0.4, 0.5) is 0 Å². The number of nitriles is 1. The van der Waals surface area contributed by atoms with Gasteiger partial charge in [0.1, 0.15) is 11.8 Å². The van der Waals surface area contributed by atoms with Crippen molar-refractivity contribution >= 4 is 12.4 Å². The van der Waals surface area contributed by atoms with Gasteiger partial charge in [-0.25, -0.2) is 4.98 Å². The molecule has 2 aromatic carbocycles. The van der Waals surface area contributed by atoms with Gasteiger partial charge >= 0.3 is 0 Å². The van der Waals surface area contributed by atoms with Crippen molar-refractivity contribution in [2.24, 2.45) is 5.73 Å². The Morgan fingerprint density at radius 1 is 1.29 bits per heavy atom. The van der Waals surface area contributed by atoms with Crippen molar-refractivity contribution in [1.82, 2.24) is 4.98 Å². The van der Waals surface area contributed by atoms with Crippen molar-refractivity contribution in [3.63, 3.8) is 0 Å². The molecule has 1 atom stereocenters. The molecule has 2 N–H and O–H groups in total. The number of hydrogen-bond acceptors (Lipinski definition) is 5. The van der Waals surface area contributed by atoms with E-state index in [1.54, 1.807) is 18.3 Å². The average Bonchev–Trinajstić information content (AvgIpc) is 3.29. The van der Waals surface area contributed by atoms with Crippen molar-refractivity contribution in [3.8, 4) is 34.6 Å². The highest BCUT2D eigenvalue weighted by Crippen LogP contribution is 2.38. The van der Waals surface area contributed by atoms with Gasteiger partial charge in [-0.2, -0.15) is 5.26 Å². The molecule has 5 nitrogen and oxygen atoms in total. The second kappa shape index (κ2) is 8.05. The van der Waals surface area contributed by atoms with E-state index < -0.39 is 0 Å². The maximum Gasteiger partial charge on any atom is 0.226 e. The number of aromatic nitrogens is 1. The first kappa shape index (κ1) is 19.9. The number of nitrogens with two attached hydrogens (primary N) is 1. The smallest absolute Gasteiger partial charge is 0.226 e. The zero-order valence-corrected chi connectivity index (χ0v) is 16.6. The van der Waals surface area contributed by atoms with E-state index in [1.807, 2.05) is 32.0 Å². The third-order valence-corrected chi connectivity index (χ3v) is 4.80. The first-order valence-electron chi connectivity index (χ1n) is 9.11. The van der Waals surface area contributed by atoms with E-state index in [-0.39, 0.29) is 24.6 Å². The number of halogens is 1. The lowest BCUT2D eigenvalue weighted by Gasteiger charge is -2.11. The highest BCUT2D eigenvalue weighted by molar-refractivity contribution is 5.85. The molecule has 144 valence electrons. The quantitative estimate of drug-likeness (QED) is 0.669. The van der Waals surface area contributed by atoms with Gasteiger partial charge in [-0.05, 0) is 56.0 Å². The second-order valence-electron chi connectivity index (χ2n) is 7.04. The van der Waals surface area contributed by atoms with Crippen LogP contribution in [0.1, 0.15) is 43.0 Å². The van der Waals surface area contributed by atoms with Gasteiger partial charge in [-0.1, -0.05) is 18.2 Å². The second-order valence-corrected chi connectivity index (χ2v) is 7.04. The van der Waals surface area contributed by atoms with Crippen LogP contribution in [0, 0.1) is 11.3 Å². The molecule has 0 radical (unpaired) electrons. The summed E-state index contributed by atoms with van der Waals surface area (Å²) in [6, 6.07) is 13.8. The molecule has 1 aliphatic carbocycles. The van der Waals surface area contributed by atoms with Crippen molar-refractivity contribution in [2.75, 3.05) is 0 Å². The molecule has 4 rings (SSSR count). The summed E-state index contributed by atoms with van der Waals surface area (Å²) in [5.74, 6) is 1.77. The van der Waals surface area contributed by atoms with Crippen LogP contribution in [-0.4, -0.2) is 11.1 Å². The largest absolute Gasteiger partial charge is 0.490 e. The fourth-order valence-electron chi connectivity index (χ4n) is 3.56. The van der Waals surface area contributed by atoms with Gasteiger partial charge in [-0.3, -0.25) is 0 Å². The number of benzene rings is 2. The molecule has 1 heterocycles. The Hall–Kier alpha value is -2.81. The highest BCUT2D eigenvalue weighted by Gasteiger charge is 2.23. The molecule has 0 spiro atoms. The van der Waals surface area contributed by atoms with Gasteiger partial charge in [0.05, 0.1) is 17.9 Å². The topological polar surface area (TPSA) is 85.1 Å². The lowest BCUT2D eigenvalue weighted by molar-refractivity contribution is 0.242. The summed E-state index contributed by atoms with van der Waals surface area (Å²) in [7, 11) is 0. The maximum absolute atomic E-state index is 9.42. The summed E-state index contributed by atoms with van der Waals surface area (Å²) < 4.78 is 11.7. The van der Waals surface area contributed by atoms with E-state index >= 15 is 0 Å². The van der Waals surface area contributed by atoms with E-state index in [0.717, 1.165) is 29.7 Å². The molecule has 0 amide bonds. The van der Waals surface area contributed by atoms with Crippen LogP contribution >= 0.6 is 12.4 Å². The third kappa shape index (κ3) is 3.62. The molecular weight excluding hydrogens is 374 g/mol. The minimum Gasteiger partial charge on any atom is -0.490 e. The predicted octanol–water partition coefficient (Wildman–Crippen LogP) is 5.04. The fraction of sp³-hybridized carbons (Fsp3) is 0.273. The Bertz CT molecular complexity index is 1040.